The lowest BCUT2D eigenvalue weighted by molar-refractivity contribution is -0.125. The molecule has 2 amide bonds. The average molecular weight is 396 g/mol. The van der Waals surface area contributed by atoms with Crippen molar-refractivity contribution in [2.24, 2.45) is 5.92 Å². The van der Waals surface area contributed by atoms with Gasteiger partial charge in [0.1, 0.15) is 5.75 Å². The van der Waals surface area contributed by atoms with Gasteiger partial charge in [-0.15, -0.1) is 0 Å². The van der Waals surface area contributed by atoms with Crippen LogP contribution in [0.2, 0.25) is 0 Å². The third-order valence-corrected chi connectivity index (χ3v) is 5.47. The molecule has 0 aliphatic carbocycles. The monoisotopic (exact) mass is 396 g/mol. The molecule has 3 rings (SSSR count). The number of benzene rings is 2. The molecule has 2 aromatic rings. The minimum absolute atomic E-state index is 0.0408. The number of nitrogens with zero attached hydrogens (tertiary/aromatic N) is 1. The van der Waals surface area contributed by atoms with Gasteiger partial charge in [-0.3, -0.25) is 9.59 Å². The molecule has 6 nitrogen and oxygen atoms in total. The molecule has 1 saturated heterocycles. The fourth-order valence-corrected chi connectivity index (χ4v) is 3.88. The van der Waals surface area contributed by atoms with Crippen molar-refractivity contribution < 1.29 is 19.1 Å². The second kappa shape index (κ2) is 9.56. The maximum Gasteiger partial charge on any atom is 0.253 e. The number of methoxy groups -OCH3 is 2. The van der Waals surface area contributed by atoms with Crippen molar-refractivity contribution in [3.8, 4) is 5.75 Å². The van der Waals surface area contributed by atoms with Crippen LogP contribution in [0.15, 0.2) is 48.5 Å². The fourth-order valence-electron chi connectivity index (χ4n) is 3.88. The molecule has 2 atom stereocenters. The molecule has 1 aliphatic heterocycles. The van der Waals surface area contributed by atoms with E-state index < -0.39 is 0 Å². The minimum Gasteiger partial charge on any atom is -0.497 e. The summed E-state index contributed by atoms with van der Waals surface area (Å²) < 4.78 is 10.2. The van der Waals surface area contributed by atoms with Crippen molar-refractivity contribution in [2.75, 3.05) is 40.5 Å². The lowest BCUT2D eigenvalue weighted by atomic mass is 9.86. The topological polar surface area (TPSA) is 67.9 Å². The van der Waals surface area contributed by atoms with E-state index in [9.17, 15) is 9.59 Å². The van der Waals surface area contributed by atoms with Gasteiger partial charge in [0.05, 0.1) is 19.6 Å². The molecule has 29 heavy (non-hydrogen) atoms. The predicted octanol–water partition coefficient (Wildman–Crippen LogP) is 2.62. The van der Waals surface area contributed by atoms with E-state index in [0.717, 1.165) is 11.1 Å². The molecule has 1 fully saturated rings. The Bertz CT molecular complexity index is 850. The zero-order chi connectivity index (χ0) is 20.8. The van der Waals surface area contributed by atoms with Crippen molar-refractivity contribution in [1.82, 2.24) is 10.2 Å². The number of hydrogen-bond donors (Lipinski definition) is 1. The van der Waals surface area contributed by atoms with Gasteiger partial charge in [0.25, 0.3) is 5.91 Å². The molecule has 2 unspecified atom stereocenters. The second-order valence-electron chi connectivity index (χ2n) is 7.29. The summed E-state index contributed by atoms with van der Waals surface area (Å²) in [5.41, 5.74) is 2.84. The van der Waals surface area contributed by atoms with Gasteiger partial charge >= 0.3 is 0 Å². The van der Waals surface area contributed by atoms with Crippen LogP contribution in [0.1, 0.15) is 27.4 Å². The zero-order valence-corrected chi connectivity index (χ0v) is 17.2. The molecule has 1 aliphatic rings. The standard InChI is InChI=1S/C23H28N2O4/c1-16-6-4-5-7-19(16)20-14-25(15-21(20)22(26)24-12-13-28-2)23(27)17-8-10-18(29-3)11-9-17/h4-11,20-21H,12-15H2,1-3H3,(H,24,26). The van der Waals surface area contributed by atoms with Gasteiger partial charge < -0.3 is 19.7 Å². The summed E-state index contributed by atoms with van der Waals surface area (Å²) in [4.78, 5) is 27.7. The largest absolute Gasteiger partial charge is 0.497 e. The van der Waals surface area contributed by atoms with E-state index in [2.05, 4.69) is 11.4 Å². The summed E-state index contributed by atoms with van der Waals surface area (Å²) in [7, 11) is 3.20. The number of rotatable bonds is 7. The smallest absolute Gasteiger partial charge is 0.253 e. The van der Waals surface area contributed by atoms with E-state index in [4.69, 9.17) is 9.47 Å². The Kier molecular flexibility index (Phi) is 6.88. The quantitative estimate of drug-likeness (QED) is 0.731. The van der Waals surface area contributed by atoms with E-state index in [1.165, 1.54) is 0 Å². The highest BCUT2D eigenvalue weighted by Crippen LogP contribution is 2.35. The molecule has 1 N–H and O–H groups in total. The highest BCUT2D eigenvalue weighted by Gasteiger charge is 2.40. The van der Waals surface area contributed by atoms with Gasteiger partial charge in [0, 0.05) is 38.2 Å². The van der Waals surface area contributed by atoms with Crippen LogP contribution in [-0.4, -0.2) is 57.2 Å². The van der Waals surface area contributed by atoms with Crippen molar-refractivity contribution in [3.05, 3.63) is 65.2 Å². The van der Waals surface area contributed by atoms with Crippen molar-refractivity contribution >= 4 is 11.8 Å². The van der Waals surface area contributed by atoms with Crippen molar-refractivity contribution in [1.29, 1.82) is 0 Å². The summed E-state index contributed by atoms with van der Waals surface area (Å²) in [6.07, 6.45) is 0. The van der Waals surface area contributed by atoms with Crippen LogP contribution >= 0.6 is 0 Å². The van der Waals surface area contributed by atoms with Crippen LogP contribution in [0.5, 0.6) is 5.75 Å². The van der Waals surface area contributed by atoms with Crippen LogP contribution in [0, 0.1) is 12.8 Å². The number of hydrogen-bond acceptors (Lipinski definition) is 4. The Balaban J connectivity index is 1.82. The number of aryl methyl sites for hydroxylation is 1. The van der Waals surface area contributed by atoms with Gasteiger partial charge in [0.15, 0.2) is 0 Å². The van der Waals surface area contributed by atoms with E-state index in [1.807, 2.05) is 25.1 Å². The van der Waals surface area contributed by atoms with E-state index >= 15 is 0 Å². The summed E-state index contributed by atoms with van der Waals surface area (Å²) in [5.74, 6) is 0.256. The molecule has 6 heteroatoms. The minimum atomic E-state index is -0.296. The van der Waals surface area contributed by atoms with Crippen molar-refractivity contribution in [2.45, 2.75) is 12.8 Å². The first-order valence-corrected chi connectivity index (χ1v) is 9.80. The number of likely N-dealkylation sites (tertiary alicyclic amines) is 1. The molecule has 0 aromatic heterocycles. The molecule has 0 radical (unpaired) electrons. The van der Waals surface area contributed by atoms with Gasteiger partial charge in [-0.2, -0.15) is 0 Å². The maximum absolute atomic E-state index is 13.1. The highest BCUT2D eigenvalue weighted by molar-refractivity contribution is 5.95. The normalized spacial score (nSPS) is 18.5. The van der Waals surface area contributed by atoms with Gasteiger partial charge in [0.2, 0.25) is 5.91 Å². The second-order valence-corrected chi connectivity index (χ2v) is 7.29. The van der Waals surface area contributed by atoms with Crippen LogP contribution in [-0.2, 0) is 9.53 Å². The molecule has 154 valence electrons. The lowest BCUT2D eigenvalue weighted by Gasteiger charge is -2.19. The molecule has 0 spiro atoms. The number of amides is 2. The Morgan fingerprint density at radius 2 is 1.79 bits per heavy atom. The zero-order valence-electron chi connectivity index (χ0n) is 17.2. The Morgan fingerprint density at radius 3 is 2.45 bits per heavy atom. The predicted molar refractivity (Wildman–Crippen MR) is 111 cm³/mol. The lowest BCUT2D eigenvalue weighted by Crippen LogP contribution is -2.37. The highest BCUT2D eigenvalue weighted by atomic mass is 16.5. The van der Waals surface area contributed by atoms with Crippen LogP contribution < -0.4 is 10.1 Å². The fraction of sp³-hybridized carbons (Fsp3) is 0.391. The molecule has 1 heterocycles. The van der Waals surface area contributed by atoms with E-state index in [0.29, 0.717) is 37.6 Å². The SMILES string of the molecule is COCCNC(=O)C1CN(C(=O)c2ccc(OC)cc2)CC1c1ccccc1C. The van der Waals surface area contributed by atoms with Crippen LogP contribution in [0.4, 0.5) is 0 Å². The summed E-state index contributed by atoms with van der Waals surface area (Å²) in [5, 5.41) is 2.94. The number of ether oxygens (including phenoxy) is 2. The third-order valence-electron chi connectivity index (χ3n) is 5.47. The molecule has 2 aromatic carbocycles. The molecular weight excluding hydrogens is 368 g/mol. The number of nitrogens with one attached hydrogen (secondary N) is 1. The first kappa shape index (κ1) is 20.9. The first-order valence-electron chi connectivity index (χ1n) is 9.80. The molecule has 0 saturated carbocycles. The summed E-state index contributed by atoms with van der Waals surface area (Å²) >= 11 is 0. The van der Waals surface area contributed by atoms with Crippen LogP contribution in [0.3, 0.4) is 0 Å². The first-order chi connectivity index (χ1) is 14.0. The number of carbonyl (C=O) groups excluding carboxylic acids is 2. The van der Waals surface area contributed by atoms with Crippen molar-refractivity contribution in [3.63, 3.8) is 0 Å². The average Bonchev–Trinajstić information content (AvgIpc) is 3.19. The Morgan fingerprint density at radius 1 is 1.07 bits per heavy atom. The molecule has 0 bridgehead atoms. The number of carbonyl (C=O) groups is 2. The summed E-state index contributed by atoms with van der Waals surface area (Å²) in [6, 6.07) is 15.1. The van der Waals surface area contributed by atoms with E-state index in [-0.39, 0.29) is 23.7 Å². The Hall–Kier alpha value is -2.86. The third kappa shape index (κ3) is 4.77. The Labute approximate surface area is 171 Å². The maximum atomic E-state index is 13.1. The van der Waals surface area contributed by atoms with Gasteiger partial charge in [-0.25, -0.2) is 0 Å². The van der Waals surface area contributed by atoms with Gasteiger partial charge in [-0.1, -0.05) is 24.3 Å². The van der Waals surface area contributed by atoms with Gasteiger partial charge in [-0.05, 0) is 42.3 Å². The van der Waals surface area contributed by atoms with E-state index in [1.54, 1.807) is 43.4 Å². The summed E-state index contributed by atoms with van der Waals surface area (Å²) in [6.45, 7) is 3.87. The van der Waals surface area contributed by atoms with Crippen LogP contribution in [0.25, 0.3) is 0 Å². The molecular formula is C23H28N2O4.